The number of fused-ring (bicyclic) bond motifs is 1. The lowest BCUT2D eigenvalue weighted by atomic mass is 9.77. The van der Waals surface area contributed by atoms with E-state index >= 15 is 0 Å². The molecule has 370 valence electrons. The van der Waals surface area contributed by atoms with Gasteiger partial charge in [-0.3, -0.25) is 24.2 Å². The van der Waals surface area contributed by atoms with E-state index in [-0.39, 0.29) is 36.0 Å². The molecule has 5 rings (SSSR count). The van der Waals surface area contributed by atoms with E-state index in [0.717, 1.165) is 15.4 Å². The topological polar surface area (TPSA) is 265 Å². The van der Waals surface area contributed by atoms with Gasteiger partial charge in [-0.05, 0) is 94.7 Å². The summed E-state index contributed by atoms with van der Waals surface area (Å²) in [6.45, 7) is 12.0. The maximum atomic E-state index is 14.4. The Bertz CT molecular complexity index is 2590. The van der Waals surface area contributed by atoms with Crippen molar-refractivity contribution in [3.63, 3.8) is 0 Å². The second-order valence-electron chi connectivity index (χ2n) is 18.3. The number of carbonyl (C=O) groups is 5. The van der Waals surface area contributed by atoms with E-state index < -0.39 is 80.8 Å². The van der Waals surface area contributed by atoms with Crippen molar-refractivity contribution in [1.82, 2.24) is 25.6 Å². The Kier molecular flexibility index (Phi) is 17.0. The molecule has 69 heavy (non-hydrogen) atoms. The van der Waals surface area contributed by atoms with E-state index in [1.165, 1.54) is 20.9 Å². The molecule has 17 nitrogen and oxygen atoms in total. The number of hydrogen-bond donors (Lipinski definition) is 8. The Morgan fingerprint density at radius 2 is 1.35 bits per heavy atom. The Balaban J connectivity index is 1.28. The summed E-state index contributed by atoms with van der Waals surface area (Å²) in [7, 11) is -2.81. The van der Waals surface area contributed by atoms with Crippen molar-refractivity contribution in [3.8, 4) is 5.75 Å². The number of sulfonamides is 1. The quantitative estimate of drug-likeness (QED) is 0.0208. The van der Waals surface area contributed by atoms with Gasteiger partial charge in [0.25, 0.3) is 10.0 Å². The van der Waals surface area contributed by atoms with Crippen molar-refractivity contribution < 1.29 is 42.2 Å². The summed E-state index contributed by atoms with van der Waals surface area (Å²) in [5, 5.41) is 20.4. The van der Waals surface area contributed by atoms with Crippen molar-refractivity contribution in [1.29, 1.82) is 0 Å². The number of aliphatic carboxylic acids is 1. The van der Waals surface area contributed by atoms with Crippen LogP contribution in [0, 0.1) is 20.8 Å². The van der Waals surface area contributed by atoms with Gasteiger partial charge in [-0.2, -0.15) is 12.6 Å². The molecule has 1 aliphatic heterocycles. The maximum absolute atomic E-state index is 14.4. The standard InChI is InChI=1S/C50H64N8O9S2/c1-30-31(2)42(32(3)36-28-48(4,5)67-41(30)36)69(65,66)58(8)47(52)53-26-18-25-37(51)43(60)57-49(6,7)46(64)55-38(44(61)54-39(29-68)45(62)63)27-40(59)56-50(33-19-12-9-13-20-33,34-21-14-10-15-22-34)35-23-16-11-17-24-35/h9-17,19-24,37-39,68H,18,25-29,51H2,1-8H3,(H2,52,53)(H,54,61)(H,55,64)(H,56,59)(H,57,60)(H,62,63)/t37-,38-,39-/m0/s1. The van der Waals surface area contributed by atoms with Gasteiger partial charge in [-0.1, -0.05) is 91.0 Å². The summed E-state index contributed by atoms with van der Waals surface area (Å²) in [5.41, 5.74) is 13.8. The molecule has 4 aromatic carbocycles. The average molecular weight is 985 g/mol. The number of carboxylic acid groups (broad SMARTS) is 1. The third-order valence-electron chi connectivity index (χ3n) is 12.3. The number of thiol groups is 1. The van der Waals surface area contributed by atoms with E-state index in [1.807, 2.05) is 112 Å². The molecule has 0 aliphatic carbocycles. The Morgan fingerprint density at radius 3 is 1.84 bits per heavy atom. The minimum Gasteiger partial charge on any atom is -0.487 e. The van der Waals surface area contributed by atoms with Crippen LogP contribution in [0.15, 0.2) is 101 Å². The Morgan fingerprint density at radius 1 is 0.826 bits per heavy atom. The van der Waals surface area contributed by atoms with Gasteiger partial charge in [0, 0.05) is 31.3 Å². The molecule has 0 bridgehead atoms. The summed E-state index contributed by atoms with van der Waals surface area (Å²) in [6.07, 6.45) is 0.173. The predicted molar refractivity (Wildman–Crippen MR) is 267 cm³/mol. The van der Waals surface area contributed by atoms with Crippen LogP contribution < -0.4 is 37.5 Å². The third kappa shape index (κ3) is 12.1. The normalized spacial score (nSPS) is 14.8. The van der Waals surface area contributed by atoms with Crippen LogP contribution in [-0.2, 0) is 46.0 Å². The number of carboxylic acids is 1. The molecular weight excluding hydrogens is 921 g/mol. The van der Waals surface area contributed by atoms with E-state index in [1.54, 1.807) is 13.8 Å². The summed E-state index contributed by atoms with van der Waals surface area (Å²) in [4.78, 5) is 71.9. The van der Waals surface area contributed by atoms with E-state index in [4.69, 9.17) is 16.2 Å². The average Bonchev–Trinajstić information content (AvgIpc) is 3.65. The number of benzene rings is 4. The van der Waals surface area contributed by atoms with Gasteiger partial charge in [0.1, 0.15) is 34.5 Å². The maximum Gasteiger partial charge on any atom is 0.327 e. The number of nitrogens with two attached hydrogens (primary N) is 2. The Hall–Kier alpha value is -6.44. The van der Waals surface area contributed by atoms with Crippen LogP contribution in [0.2, 0.25) is 0 Å². The molecule has 0 radical (unpaired) electrons. The highest BCUT2D eigenvalue weighted by Gasteiger charge is 2.41. The van der Waals surface area contributed by atoms with Gasteiger partial charge in [-0.25, -0.2) is 17.5 Å². The SMILES string of the molecule is Cc1c(C)c(S(=O)(=O)N(C)C(N)=NCCC[C@H](N)C(=O)NC(C)(C)C(=O)N[C@@H](CC(=O)NC(c2ccccc2)(c2ccccc2)c2ccccc2)C(=O)N[C@@H](CS)C(=O)O)c(C)c2c1OC(C)(C)C2. The highest BCUT2D eigenvalue weighted by Crippen LogP contribution is 2.44. The summed E-state index contributed by atoms with van der Waals surface area (Å²) in [5.74, 6) is -4.50. The van der Waals surface area contributed by atoms with Gasteiger partial charge in [0.05, 0.1) is 17.4 Å². The van der Waals surface area contributed by atoms with Crippen molar-refractivity contribution in [2.75, 3.05) is 19.3 Å². The number of aliphatic imine (C=N–C) groups is 1. The first-order chi connectivity index (χ1) is 32.4. The molecule has 1 aliphatic rings. The first-order valence-corrected chi connectivity index (χ1v) is 24.6. The molecule has 0 unspecified atom stereocenters. The van der Waals surface area contributed by atoms with Crippen molar-refractivity contribution >= 4 is 58.2 Å². The monoisotopic (exact) mass is 984 g/mol. The zero-order valence-electron chi connectivity index (χ0n) is 40.3. The minimum atomic E-state index is -4.13. The van der Waals surface area contributed by atoms with E-state index in [0.29, 0.717) is 40.0 Å². The highest BCUT2D eigenvalue weighted by atomic mass is 32.2. The van der Waals surface area contributed by atoms with Crippen LogP contribution in [0.3, 0.4) is 0 Å². The molecule has 0 saturated heterocycles. The minimum absolute atomic E-state index is 0.0162. The number of nitrogens with one attached hydrogen (secondary N) is 4. The fourth-order valence-electron chi connectivity index (χ4n) is 8.32. The summed E-state index contributed by atoms with van der Waals surface area (Å²) < 4.78 is 35.0. The molecule has 0 fully saturated rings. The first-order valence-electron chi connectivity index (χ1n) is 22.5. The molecule has 1 heterocycles. The molecule has 9 N–H and O–H groups in total. The lowest BCUT2D eigenvalue weighted by molar-refractivity contribution is -0.142. The number of nitrogens with zero attached hydrogens (tertiary/aromatic N) is 2. The van der Waals surface area contributed by atoms with Crippen LogP contribution >= 0.6 is 12.6 Å². The third-order valence-corrected chi connectivity index (χ3v) is 14.7. The molecule has 0 spiro atoms. The number of ether oxygens (including phenoxy) is 1. The summed E-state index contributed by atoms with van der Waals surface area (Å²) >= 11 is 4.05. The summed E-state index contributed by atoms with van der Waals surface area (Å²) in [6, 6.07) is 23.4. The van der Waals surface area contributed by atoms with Crippen LogP contribution in [-0.4, -0.2) is 102 Å². The number of hydrogen-bond acceptors (Lipinski definition) is 11. The molecule has 0 saturated carbocycles. The van der Waals surface area contributed by atoms with Gasteiger partial charge < -0.3 is 42.6 Å². The second-order valence-corrected chi connectivity index (χ2v) is 20.6. The van der Waals surface area contributed by atoms with Crippen LogP contribution in [0.25, 0.3) is 0 Å². The zero-order chi connectivity index (χ0) is 51.1. The Labute approximate surface area is 409 Å². The van der Waals surface area contributed by atoms with Crippen LogP contribution in [0.5, 0.6) is 5.75 Å². The smallest absolute Gasteiger partial charge is 0.327 e. The highest BCUT2D eigenvalue weighted by molar-refractivity contribution is 7.89. The molecule has 19 heteroatoms. The first kappa shape index (κ1) is 53.5. The number of rotatable bonds is 20. The fraction of sp³-hybridized carbons (Fsp3) is 0.400. The van der Waals surface area contributed by atoms with Crippen molar-refractivity contribution in [3.05, 3.63) is 130 Å². The van der Waals surface area contributed by atoms with Crippen LogP contribution in [0.4, 0.5) is 0 Å². The molecule has 4 aromatic rings. The molecule has 0 aromatic heterocycles. The molecule has 3 atom stereocenters. The fourth-order valence-corrected chi connectivity index (χ4v) is 10.2. The molecular formula is C50H64N8O9S2. The van der Waals surface area contributed by atoms with Gasteiger partial charge in [0.2, 0.25) is 29.6 Å². The molecule has 4 amide bonds. The zero-order valence-corrected chi connectivity index (χ0v) is 42.0. The second kappa shape index (κ2) is 21.9. The van der Waals surface area contributed by atoms with Gasteiger partial charge >= 0.3 is 5.97 Å². The lowest BCUT2D eigenvalue weighted by Gasteiger charge is -2.37. The largest absolute Gasteiger partial charge is 0.487 e. The van der Waals surface area contributed by atoms with E-state index in [2.05, 4.69) is 38.9 Å². The lowest BCUT2D eigenvalue weighted by Crippen LogP contribution is -2.62. The van der Waals surface area contributed by atoms with Gasteiger partial charge in [0.15, 0.2) is 0 Å². The number of amides is 4. The van der Waals surface area contributed by atoms with Gasteiger partial charge in [-0.15, -0.1) is 0 Å². The number of carbonyl (C=O) groups excluding carboxylic acids is 4. The van der Waals surface area contributed by atoms with Crippen LogP contribution in [0.1, 0.15) is 85.9 Å². The van der Waals surface area contributed by atoms with Crippen molar-refractivity contribution in [2.45, 2.75) is 114 Å². The van der Waals surface area contributed by atoms with E-state index in [9.17, 15) is 37.5 Å². The predicted octanol–water partition coefficient (Wildman–Crippen LogP) is 3.75. The van der Waals surface area contributed by atoms with Crippen molar-refractivity contribution in [2.24, 2.45) is 16.5 Å². The number of guanidine groups is 1.